The third-order valence-corrected chi connectivity index (χ3v) is 6.48. The molecule has 0 saturated carbocycles. The van der Waals surface area contributed by atoms with Crippen molar-refractivity contribution in [2.24, 2.45) is 0 Å². The summed E-state index contributed by atoms with van der Waals surface area (Å²) in [7, 11) is 0.244. The average molecular weight is 463 g/mol. The smallest absolute Gasteiger partial charge is 0.339 e. The Morgan fingerprint density at radius 2 is 1.72 bits per heavy atom. The van der Waals surface area contributed by atoms with Crippen LogP contribution in [0.4, 0.5) is 0 Å². The summed E-state index contributed by atoms with van der Waals surface area (Å²) in [5, 5.41) is 2.65. The van der Waals surface area contributed by atoms with Gasteiger partial charge in [-0.15, -0.1) is 0 Å². The lowest BCUT2D eigenvalue weighted by Crippen LogP contribution is -2.57. The van der Waals surface area contributed by atoms with Crippen LogP contribution in [0.1, 0.15) is 16.7 Å². The predicted molar refractivity (Wildman–Crippen MR) is 117 cm³/mol. The molecule has 9 nitrogen and oxygen atoms in total. The van der Waals surface area contributed by atoms with Gasteiger partial charge in [0.25, 0.3) is 0 Å². The molecule has 1 aliphatic heterocycles. The van der Waals surface area contributed by atoms with E-state index in [0.29, 0.717) is 22.6 Å². The highest BCUT2D eigenvalue weighted by Gasteiger charge is 2.33. The van der Waals surface area contributed by atoms with Gasteiger partial charge in [0.05, 0.1) is 20.8 Å². The lowest BCUT2D eigenvalue weighted by atomic mass is 9.99. The number of nitrogens with zero attached hydrogens (tertiary/aromatic N) is 1. The molecule has 0 aliphatic carbocycles. The largest absolute Gasteiger partial charge is 0.493 e. The Balaban J connectivity index is 2.08. The van der Waals surface area contributed by atoms with Gasteiger partial charge in [-0.1, -0.05) is 17.7 Å². The van der Waals surface area contributed by atoms with E-state index >= 15 is 0 Å². The minimum Gasteiger partial charge on any atom is -0.493 e. The normalized spacial score (nSPS) is 16.5. The third-order valence-electron chi connectivity index (χ3n) is 5.24. The number of benzene rings is 2. The van der Waals surface area contributed by atoms with E-state index in [0.717, 1.165) is 5.56 Å². The molecule has 32 heavy (non-hydrogen) atoms. The van der Waals surface area contributed by atoms with Crippen LogP contribution in [0.2, 0.25) is 0 Å². The van der Waals surface area contributed by atoms with Gasteiger partial charge in [0.1, 0.15) is 10.9 Å². The Bertz CT molecular complexity index is 1140. The highest BCUT2D eigenvalue weighted by molar-refractivity contribution is 7.87. The second kappa shape index (κ2) is 9.07. The summed E-state index contributed by atoms with van der Waals surface area (Å²) in [4.78, 5) is 25.9. The van der Waals surface area contributed by atoms with E-state index < -0.39 is 16.2 Å². The molecule has 0 radical (unpaired) electrons. The zero-order chi connectivity index (χ0) is 23.6. The quantitative estimate of drug-likeness (QED) is 0.622. The van der Waals surface area contributed by atoms with Crippen LogP contribution in [0.15, 0.2) is 35.2 Å². The Morgan fingerprint density at radius 3 is 2.31 bits per heavy atom. The Labute approximate surface area is 187 Å². The summed E-state index contributed by atoms with van der Waals surface area (Å²) in [5.41, 5.74) is 1.67. The topological polar surface area (TPSA) is 111 Å². The fourth-order valence-corrected chi connectivity index (χ4v) is 4.59. The molecule has 3 rings (SSSR count). The number of methoxy groups -OCH3 is 2. The van der Waals surface area contributed by atoms with Crippen molar-refractivity contribution in [3.05, 3.63) is 47.0 Å². The first-order valence-corrected chi connectivity index (χ1v) is 11.3. The minimum atomic E-state index is -4.17. The molecule has 2 aromatic carbocycles. The number of piperazine rings is 1. The highest BCUT2D eigenvalue weighted by Crippen LogP contribution is 2.41. The van der Waals surface area contributed by atoms with Gasteiger partial charge in [-0.3, -0.25) is 9.59 Å². The number of amides is 2. The molecule has 1 unspecified atom stereocenters. The first-order chi connectivity index (χ1) is 15.1. The molecular weight excluding hydrogens is 436 g/mol. The molecule has 1 aliphatic rings. The van der Waals surface area contributed by atoms with E-state index in [9.17, 15) is 18.0 Å². The molecule has 10 heteroatoms. The molecule has 2 amide bonds. The Kier molecular flexibility index (Phi) is 6.63. The Hall–Kier alpha value is -3.27. The molecule has 0 spiro atoms. The molecule has 1 atom stereocenters. The zero-order valence-electron chi connectivity index (χ0n) is 18.6. The van der Waals surface area contributed by atoms with Gasteiger partial charge in [0, 0.05) is 24.6 Å². The molecule has 0 aromatic heterocycles. The third kappa shape index (κ3) is 4.64. The van der Waals surface area contributed by atoms with E-state index in [1.807, 2.05) is 6.92 Å². The molecule has 1 N–H and O–H groups in total. The predicted octanol–water partition coefficient (Wildman–Crippen LogP) is 1.59. The maximum absolute atomic E-state index is 13.0. The van der Waals surface area contributed by atoms with Crippen molar-refractivity contribution in [1.82, 2.24) is 10.2 Å². The number of hydrogen-bond donors (Lipinski definition) is 1. The number of likely N-dealkylation sites (N-methyl/N-ethyl adjacent to an activating group) is 1. The summed E-state index contributed by atoms with van der Waals surface area (Å²) in [5.74, 6) is 0.0939. The molecule has 0 bridgehead atoms. The van der Waals surface area contributed by atoms with E-state index in [2.05, 4.69) is 5.32 Å². The van der Waals surface area contributed by atoms with E-state index in [1.54, 1.807) is 25.1 Å². The fraction of sp³-hybridized carbons (Fsp3) is 0.364. The molecule has 1 heterocycles. The SMILES string of the molecule is COc1cc(CC2NC(=O)CN(C)C2=O)c(OS(=O)(=O)c2ccc(C)cc2)c(C)c1OC. The van der Waals surface area contributed by atoms with Gasteiger partial charge >= 0.3 is 10.1 Å². The number of ether oxygens (including phenoxy) is 2. The van der Waals surface area contributed by atoms with Crippen molar-refractivity contribution in [1.29, 1.82) is 0 Å². The molecular formula is C22H26N2O7S. The number of hydrogen-bond acceptors (Lipinski definition) is 7. The van der Waals surface area contributed by atoms with Crippen LogP contribution >= 0.6 is 0 Å². The van der Waals surface area contributed by atoms with Crippen LogP contribution in [0.5, 0.6) is 17.2 Å². The maximum atomic E-state index is 13.0. The van der Waals surface area contributed by atoms with Gasteiger partial charge in [0.15, 0.2) is 17.2 Å². The Morgan fingerprint density at radius 1 is 1.06 bits per heavy atom. The van der Waals surface area contributed by atoms with Crippen molar-refractivity contribution in [2.45, 2.75) is 31.2 Å². The summed E-state index contributed by atoms with van der Waals surface area (Å²) in [6, 6.07) is 6.94. The van der Waals surface area contributed by atoms with Crippen LogP contribution < -0.4 is 19.0 Å². The van der Waals surface area contributed by atoms with Gasteiger partial charge in [-0.05, 0) is 32.0 Å². The molecule has 1 fully saturated rings. The second-order valence-corrected chi connectivity index (χ2v) is 9.14. The van der Waals surface area contributed by atoms with E-state index in [1.165, 1.54) is 38.3 Å². The average Bonchev–Trinajstić information content (AvgIpc) is 2.74. The van der Waals surface area contributed by atoms with Crippen molar-refractivity contribution < 1.29 is 31.7 Å². The monoisotopic (exact) mass is 462 g/mol. The fourth-order valence-electron chi connectivity index (χ4n) is 3.57. The van der Waals surface area contributed by atoms with Crippen LogP contribution in [-0.4, -0.2) is 59.0 Å². The number of carbonyl (C=O) groups is 2. The van der Waals surface area contributed by atoms with Crippen molar-refractivity contribution in [2.75, 3.05) is 27.8 Å². The molecule has 172 valence electrons. The van der Waals surface area contributed by atoms with Gasteiger partial charge in [-0.2, -0.15) is 8.42 Å². The van der Waals surface area contributed by atoms with Gasteiger partial charge < -0.3 is 23.9 Å². The number of aryl methyl sites for hydroxylation is 1. The summed E-state index contributed by atoms with van der Waals surface area (Å²) < 4.78 is 42.3. The summed E-state index contributed by atoms with van der Waals surface area (Å²) in [6.45, 7) is 3.45. The van der Waals surface area contributed by atoms with Gasteiger partial charge in [-0.25, -0.2) is 0 Å². The van der Waals surface area contributed by atoms with E-state index in [4.69, 9.17) is 13.7 Å². The maximum Gasteiger partial charge on any atom is 0.339 e. The highest BCUT2D eigenvalue weighted by atomic mass is 32.2. The number of carbonyl (C=O) groups excluding carboxylic acids is 2. The van der Waals surface area contributed by atoms with Crippen LogP contribution in [0.3, 0.4) is 0 Å². The lowest BCUT2D eigenvalue weighted by Gasteiger charge is -2.30. The second-order valence-electron chi connectivity index (χ2n) is 7.59. The van der Waals surface area contributed by atoms with Gasteiger partial charge in [0.2, 0.25) is 11.8 Å². The molecule has 1 saturated heterocycles. The lowest BCUT2D eigenvalue weighted by molar-refractivity contribution is -0.142. The standard InChI is InChI=1S/C22H26N2O7S/c1-13-6-8-16(9-7-13)32(27,28)31-20-14(2)21(30-5)18(29-4)11-15(20)10-17-22(26)24(3)12-19(25)23-17/h6-9,11,17H,10,12H2,1-5H3,(H,23,25). The van der Waals surface area contributed by atoms with Crippen molar-refractivity contribution in [3.63, 3.8) is 0 Å². The van der Waals surface area contributed by atoms with Crippen LogP contribution in [0.25, 0.3) is 0 Å². The molecule has 2 aromatic rings. The van der Waals surface area contributed by atoms with Crippen LogP contribution in [0, 0.1) is 13.8 Å². The van der Waals surface area contributed by atoms with Crippen molar-refractivity contribution in [3.8, 4) is 17.2 Å². The summed E-state index contributed by atoms with van der Waals surface area (Å²) >= 11 is 0. The number of nitrogens with one attached hydrogen (secondary N) is 1. The van der Waals surface area contributed by atoms with Crippen LogP contribution in [-0.2, 0) is 26.1 Å². The minimum absolute atomic E-state index is 0.00879. The first-order valence-electron chi connectivity index (χ1n) is 9.87. The van der Waals surface area contributed by atoms with E-state index in [-0.39, 0.29) is 35.4 Å². The zero-order valence-corrected chi connectivity index (χ0v) is 19.4. The van der Waals surface area contributed by atoms with Crippen molar-refractivity contribution >= 4 is 21.9 Å². The summed E-state index contributed by atoms with van der Waals surface area (Å²) in [6.07, 6.45) is 0.00879. The first kappa shape index (κ1) is 23.4. The number of rotatable bonds is 7.